The minimum Gasteiger partial charge on any atom is -0.338 e. The molecule has 0 bridgehead atoms. The van der Waals surface area contributed by atoms with Crippen molar-refractivity contribution in [2.45, 2.75) is 0 Å². The molecule has 1 aliphatic rings. The second-order valence-electron chi connectivity index (χ2n) is 7.03. The van der Waals surface area contributed by atoms with Crippen molar-refractivity contribution in [2.75, 3.05) is 43.6 Å². The molecular formula is C22H23ClN6. The number of hydrazone groups is 1. The van der Waals surface area contributed by atoms with Crippen molar-refractivity contribution < 1.29 is 0 Å². The van der Waals surface area contributed by atoms with E-state index < -0.39 is 0 Å². The lowest BCUT2D eigenvalue weighted by molar-refractivity contribution is 0.311. The van der Waals surface area contributed by atoms with E-state index in [1.54, 1.807) is 12.4 Å². The summed E-state index contributed by atoms with van der Waals surface area (Å²) in [7, 11) is 2.13. The highest BCUT2D eigenvalue weighted by atomic mass is 35.5. The van der Waals surface area contributed by atoms with Crippen LogP contribution in [0.4, 0.5) is 11.8 Å². The quantitative estimate of drug-likeness (QED) is 0.512. The zero-order valence-corrected chi connectivity index (χ0v) is 17.0. The van der Waals surface area contributed by atoms with Gasteiger partial charge in [0.1, 0.15) is 0 Å². The van der Waals surface area contributed by atoms with Crippen LogP contribution in [0, 0.1) is 0 Å². The standard InChI is InChI=1S/C22H23ClN6/c1-28-11-13-29(14-12-28)22-24-10-9-21(26-22)27-25-16-17-3-2-4-19(15-17)18-5-7-20(23)8-6-18/h2-10,15-16H,11-14H2,1H3,(H,24,26,27)/b25-16+. The summed E-state index contributed by atoms with van der Waals surface area (Å²) in [5.74, 6) is 1.42. The predicted molar refractivity (Wildman–Crippen MR) is 120 cm³/mol. The number of nitrogens with one attached hydrogen (secondary N) is 1. The van der Waals surface area contributed by atoms with Crippen LogP contribution < -0.4 is 10.3 Å². The van der Waals surface area contributed by atoms with E-state index in [0.717, 1.165) is 53.8 Å². The molecule has 4 rings (SSSR count). The summed E-state index contributed by atoms with van der Waals surface area (Å²) in [5, 5.41) is 5.08. The fraction of sp³-hybridized carbons (Fsp3) is 0.227. The van der Waals surface area contributed by atoms with Crippen LogP contribution in [-0.4, -0.2) is 54.3 Å². The van der Waals surface area contributed by atoms with Crippen LogP contribution in [-0.2, 0) is 0 Å². The van der Waals surface area contributed by atoms with Crippen LogP contribution >= 0.6 is 11.6 Å². The van der Waals surface area contributed by atoms with Gasteiger partial charge in [-0.15, -0.1) is 0 Å². The van der Waals surface area contributed by atoms with E-state index in [1.165, 1.54) is 0 Å². The predicted octanol–water partition coefficient (Wildman–Crippen LogP) is 3.99. The van der Waals surface area contributed by atoms with E-state index in [4.69, 9.17) is 11.6 Å². The number of halogens is 1. The third-order valence-electron chi connectivity index (χ3n) is 4.89. The Labute approximate surface area is 175 Å². The normalized spacial score (nSPS) is 15.0. The Balaban J connectivity index is 1.42. The smallest absolute Gasteiger partial charge is 0.227 e. The van der Waals surface area contributed by atoms with Crippen LogP contribution in [0.3, 0.4) is 0 Å². The molecule has 3 aromatic rings. The summed E-state index contributed by atoms with van der Waals surface area (Å²) in [4.78, 5) is 13.5. The molecular weight excluding hydrogens is 384 g/mol. The van der Waals surface area contributed by atoms with Crippen molar-refractivity contribution in [1.82, 2.24) is 14.9 Å². The molecule has 7 heteroatoms. The highest BCUT2D eigenvalue weighted by Gasteiger charge is 2.16. The SMILES string of the molecule is CN1CCN(c2nccc(N/N=C/c3cccc(-c4ccc(Cl)cc4)c3)n2)CC1. The Morgan fingerprint density at radius 1 is 1.00 bits per heavy atom. The maximum absolute atomic E-state index is 5.98. The number of nitrogens with zero attached hydrogens (tertiary/aromatic N) is 5. The summed E-state index contributed by atoms with van der Waals surface area (Å²) in [6.07, 6.45) is 3.55. The first-order chi connectivity index (χ1) is 14.2. The molecule has 0 amide bonds. The van der Waals surface area contributed by atoms with Crippen molar-refractivity contribution in [3.8, 4) is 11.1 Å². The average molecular weight is 407 g/mol. The van der Waals surface area contributed by atoms with Crippen molar-refractivity contribution in [2.24, 2.45) is 5.10 Å². The summed E-state index contributed by atoms with van der Waals surface area (Å²) in [5.41, 5.74) is 6.24. The van der Waals surface area contributed by atoms with Gasteiger partial charge in [0, 0.05) is 43.5 Å². The van der Waals surface area contributed by atoms with Gasteiger partial charge >= 0.3 is 0 Å². The molecule has 0 aliphatic carbocycles. The molecule has 148 valence electrons. The monoisotopic (exact) mass is 406 g/mol. The molecule has 0 unspecified atom stereocenters. The Bertz CT molecular complexity index is 981. The number of hydrogen-bond donors (Lipinski definition) is 1. The Kier molecular flexibility index (Phi) is 6.03. The molecule has 0 atom stereocenters. The van der Waals surface area contributed by atoms with E-state index in [-0.39, 0.29) is 0 Å². The molecule has 1 saturated heterocycles. The number of hydrogen-bond acceptors (Lipinski definition) is 6. The number of rotatable bonds is 5. The first kappa shape index (κ1) is 19.4. The topological polar surface area (TPSA) is 56.6 Å². The molecule has 1 aromatic heterocycles. The van der Waals surface area contributed by atoms with Gasteiger partial charge in [-0.3, -0.25) is 5.43 Å². The molecule has 0 radical (unpaired) electrons. The summed E-state index contributed by atoms with van der Waals surface area (Å²) in [6.45, 7) is 3.90. The van der Waals surface area contributed by atoms with E-state index in [2.05, 4.69) is 49.5 Å². The fourth-order valence-corrected chi connectivity index (χ4v) is 3.31. The van der Waals surface area contributed by atoms with Crippen molar-refractivity contribution in [3.05, 3.63) is 71.4 Å². The van der Waals surface area contributed by atoms with Gasteiger partial charge in [-0.2, -0.15) is 10.1 Å². The fourth-order valence-electron chi connectivity index (χ4n) is 3.18. The Morgan fingerprint density at radius 2 is 1.79 bits per heavy atom. The number of piperazine rings is 1. The molecule has 6 nitrogen and oxygen atoms in total. The largest absolute Gasteiger partial charge is 0.338 e. The third kappa shape index (κ3) is 5.10. The molecule has 29 heavy (non-hydrogen) atoms. The van der Waals surface area contributed by atoms with Gasteiger partial charge in [-0.05, 0) is 41.9 Å². The molecule has 1 aliphatic heterocycles. The zero-order valence-electron chi connectivity index (χ0n) is 16.3. The van der Waals surface area contributed by atoms with Crippen LogP contribution in [0.1, 0.15) is 5.56 Å². The molecule has 2 heterocycles. The highest BCUT2D eigenvalue weighted by molar-refractivity contribution is 6.30. The second-order valence-corrected chi connectivity index (χ2v) is 7.47. The summed E-state index contributed by atoms with van der Waals surface area (Å²) in [6, 6.07) is 17.8. The number of anilines is 2. The lowest BCUT2D eigenvalue weighted by Gasteiger charge is -2.32. The van der Waals surface area contributed by atoms with Gasteiger partial charge in [0.2, 0.25) is 5.95 Å². The average Bonchev–Trinajstić information content (AvgIpc) is 2.75. The molecule has 0 spiro atoms. The van der Waals surface area contributed by atoms with Gasteiger partial charge in [0.25, 0.3) is 0 Å². The van der Waals surface area contributed by atoms with Gasteiger partial charge < -0.3 is 9.80 Å². The van der Waals surface area contributed by atoms with Crippen molar-refractivity contribution in [1.29, 1.82) is 0 Å². The molecule has 1 fully saturated rings. The lowest BCUT2D eigenvalue weighted by Crippen LogP contribution is -2.45. The molecule has 2 aromatic carbocycles. The summed E-state index contributed by atoms with van der Waals surface area (Å²) < 4.78 is 0. The van der Waals surface area contributed by atoms with Gasteiger partial charge in [-0.1, -0.05) is 41.9 Å². The van der Waals surface area contributed by atoms with Crippen LogP contribution in [0.25, 0.3) is 11.1 Å². The van der Waals surface area contributed by atoms with Crippen LogP contribution in [0.15, 0.2) is 65.9 Å². The molecule has 1 N–H and O–H groups in total. The van der Waals surface area contributed by atoms with Gasteiger partial charge in [0.05, 0.1) is 6.21 Å². The van der Waals surface area contributed by atoms with Gasteiger partial charge in [-0.25, -0.2) is 4.98 Å². The minimum atomic E-state index is 0.680. The van der Waals surface area contributed by atoms with E-state index in [9.17, 15) is 0 Å². The summed E-state index contributed by atoms with van der Waals surface area (Å²) >= 11 is 5.98. The number of aromatic nitrogens is 2. The Hall–Kier alpha value is -2.96. The second kappa shape index (κ2) is 9.03. The van der Waals surface area contributed by atoms with E-state index in [1.807, 2.05) is 42.5 Å². The van der Waals surface area contributed by atoms with Crippen molar-refractivity contribution in [3.63, 3.8) is 0 Å². The maximum atomic E-state index is 5.98. The number of benzene rings is 2. The Morgan fingerprint density at radius 3 is 2.59 bits per heavy atom. The first-order valence-electron chi connectivity index (χ1n) is 9.59. The first-order valence-corrected chi connectivity index (χ1v) is 9.97. The lowest BCUT2D eigenvalue weighted by atomic mass is 10.0. The molecule has 0 saturated carbocycles. The highest BCUT2D eigenvalue weighted by Crippen LogP contribution is 2.22. The maximum Gasteiger partial charge on any atom is 0.227 e. The minimum absolute atomic E-state index is 0.680. The van der Waals surface area contributed by atoms with Gasteiger partial charge in [0.15, 0.2) is 5.82 Å². The van der Waals surface area contributed by atoms with Crippen LogP contribution in [0.2, 0.25) is 5.02 Å². The number of likely N-dealkylation sites (N-methyl/N-ethyl adjacent to an activating group) is 1. The third-order valence-corrected chi connectivity index (χ3v) is 5.14. The van der Waals surface area contributed by atoms with Crippen molar-refractivity contribution >= 4 is 29.6 Å². The van der Waals surface area contributed by atoms with E-state index in [0.29, 0.717) is 5.82 Å². The zero-order chi connectivity index (χ0) is 20.1. The van der Waals surface area contributed by atoms with Crippen LogP contribution in [0.5, 0.6) is 0 Å². The van der Waals surface area contributed by atoms with E-state index >= 15 is 0 Å².